The number of hydrogen-bond acceptors (Lipinski definition) is 4. The van der Waals surface area contributed by atoms with E-state index in [2.05, 4.69) is 5.32 Å². The van der Waals surface area contributed by atoms with Crippen molar-refractivity contribution >= 4 is 33.3 Å². The summed E-state index contributed by atoms with van der Waals surface area (Å²) in [5, 5.41) is 3.39. The average molecular weight is 466 g/mol. The van der Waals surface area contributed by atoms with Crippen LogP contribution in [0.5, 0.6) is 5.75 Å². The molecule has 0 radical (unpaired) electrons. The van der Waals surface area contributed by atoms with Crippen molar-refractivity contribution in [3.05, 3.63) is 53.1 Å². The van der Waals surface area contributed by atoms with Gasteiger partial charge in [-0.05, 0) is 55.7 Å². The first kappa shape index (κ1) is 23.4. The first-order chi connectivity index (χ1) is 14.8. The molecule has 2 amide bonds. The second kappa shape index (κ2) is 10.3. The van der Waals surface area contributed by atoms with Crippen molar-refractivity contribution in [2.45, 2.75) is 37.6 Å². The SMILES string of the molecule is CCOc1ccc(S(=O)(=O)N2CCCCC2)cc1NC(=O)N(C)Cc1cccc(Cl)c1. The second-order valence-corrected chi connectivity index (χ2v) is 9.85. The number of hydrogen-bond donors (Lipinski definition) is 1. The number of carbonyl (C=O) groups excluding carboxylic acids is 1. The first-order valence-electron chi connectivity index (χ1n) is 10.3. The Morgan fingerprint density at radius 1 is 1.16 bits per heavy atom. The minimum atomic E-state index is -3.63. The summed E-state index contributed by atoms with van der Waals surface area (Å²) in [6, 6.07) is 11.5. The fraction of sp³-hybridized carbons (Fsp3) is 0.409. The van der Waals surface area contributed by atoms with Crippen LogP contribution in [0.25, 0.3) is 0 Å². The lowest BCUT2D eigenvalue weighted by Crippen LogP contribution is -2.35. The number of benzene rings is 2. The molecule has 0 unspecified atom stereocenters. The van der Waals surface area contributed by atoms with Crippen LogP contribution in [0.1, 0.15) is 31.7 Å². The first-order valence-corrected chi connectivity index (χ1v) is 12.2. The Balaban J connectivity index is 1.81. The molecule has 1 heterocycles. The third-order valence-corrected chi connectivity index (χ3v) is 7.23. The molecule has 31 heavy (non-hydrogen) atoms. The summed E-state index contributed by atoms with van der Waals surface area (Å²) < 4.78 is 33.2. The van der Waals surface area contributed by atoms with Gasteiger partial charge in [0.15, 0.2) is 0 Å². The molecule has 0 aromatic heterocycles. The Labute approximate surface area is 189 Å². The van der Waals surface area contributed by atoms with Crippen LogP contribution in [0.15, 0.2) is 47.4 Å². The van der Waals surface area contributed by atoms with E-state index in [4.69, 9.17) is 16.3 Å². The number of halogens is 1. The molecule has 2 aromatic carbocycles. The number of rotatable bonds is 7. The zero-order chi connectivity index (χ0) is 22.4. The van der Waals surface area contributed by atoms with E-state index in [0.717, 1.165) is 24.8 Å². The van der Waals surface area contributed by atoms with Gasteiger partial charge in [0, 0.05) is 31.7 Å². The van der Waals surface area contributed by atoms with Crippen LogP contribution in [0.3, 0.4) is 0 Å². The van der Waals surface area contributed by atoms with E-state index in [1.807, 2.05) is 19.1 Å². The van der Waals surface area contributed by atoms with E-state index < -0.39 is 10.0 Å². The van der Waals surface area contributed by atoms with Gasteiger partial charge >= 0.3 is 6.03 Å². The van der Waals surface area contributed by atoms with Crippen LogP contribution in [-0.4, -0.2) is 50.4 Å². The summed E-state index contributed by atoms with van der Waals surface area (Å²) in [4.78, 5) is 14.4. The number of ether oxygens (including phenoxy) is 1. The molecular formula is C22H28ClN3O4S. The Bertz CT molecular complexity index is 1020. The van der Waals surface area contributed by atoms with E-state index in [9.17, 15) is 13.2 Å². The molecule has 1 aliphatic heterocycles. The molecular weight excluding hydrogens is 438 g/mol. The van der Waals surface area contributed by atoms with Crippen molar-refractivity contribution in [2.24, 2.45) is 0 Å². The van der Waals surface area contributed by atoms with E-state index in [1.54, 1.807) is 25.2 Å². The average Bonchev–Trinajstić information content (AvgIpc) is 2.75. The monoisotopic (exact) mass is 465 g/mol. The van der Waals surface area contributed by atoms with E-state index in [1.165, 1.54) is 21.3 Å². The molecule has 1 aliphatic rings. The zero-order valence-electron chi connectivity index (χ0n) is 17.8. The summed E-state index contributed by atoms with van der Waals surface area (Å²) >= 11 is 6.02. The highest BCUT2D eigenvalue weighted by Gasteiger charge is 2.27. The molecule has 3 rings (SSSR count). The lowest BCUT2D eigenvalue weighted by atomic mass is 10.2. The number of anilines is 1. The maximum atomic E-state index is 13.1. The smallest absolute Gasteiger partial charge is 0.321 e. The predicted octanol–water partition coefficient (Wildman–Crippen LogP) is 4.58. The predicted molar refractivity (Wildman–Crippen MR) is 122 cm³/mol. The number of piperidine rings is 1. The second-order valence-electron chi connectivity index (χ2n) is 7.47. The van der Waals surface area contributed by atoms with Gasteiger partial charge in [-0.25, -0.2) is 13.2 Å². The van der Waals surface area contributed by atoms with Gasteiger partial charge in [-0.3, -0.25) is 0 Å². The van der Waals surface area contributed by atoms with Crippen LogP contribution < -0.4 is 10.1 Å². The van der Waals surface area contributed by atoms with Crippen molar-refractivity contribution in [2.75, 3.05) is 32.1 Å². The zero-order valence-corrected chi connectivity index (χ0v) is 19.4. The Morgan fingerprint density at radius 2 is 1.90 bits per heavy atom. The third-order valence-electron chi connectivity index (χ3n) is 5.10. The Kier molecular flexibility index (Phi) is 7.80. The lowest BCUT2D eigenvalue weighted by molar-refractivity contribution is 0.220. The highest BCUT2D eigenvalue weighted by molar-refractivity contribution is 7.89. The molecule has 7 nitrogen and oxygen atoms in total. The van der Waals surface area contributed by atoms with Gasteiger partial charge in [0.1, 0.15) is 5.75 Å². The largest absolute Gasteiger partial charge is 0.492 e. The Hall–Kier alpha value is -2.29. The molecule has 1 N–H and O–H groups in total. The summed E-state index contributed by atoms with van der Waals surface area (Å²) in [5.41, 5.74) is 1.21. The van der Waals surface area contributed by atoms with Crippen LogP contribution >= 0.6 is 11.6 Å². The molecule has 0 atom stereocenters. The van der Waals surface area contributed by atoms with Gasteiger partial charge < -0.3 is 15.0 Å². The molecule has 1 saturated heterocycles. The van der Waals surface area contributed by atoms with E-state index >= 15 is 0 Å². The minimum absolute atomic E-state index is 0.144. The Morgan fingerprint density at radius 3 is 2.58 bits per heavy atom. The van der Waals surface area contributed by atoms with Crippen LogP contribution in [0, 0.1) is 0 Å². The van der Waals surface area contributed by atoms with Gasteiger partial charge in [-0.1, -0.05) is 30.2 Å². The van der Waals surface area contributed by atoms with Crippen molar-refractivity contribution < 1.29 is 17.9 Å². The number of nitrogens with one attached hydrogen (secondary N) is 1. The van der Waals surface area contributed by atoms with Crippen LogP contribution in [-0.2, 0) is 16.6 Å². The number of urea groups is 1. The molecule has 0 aliphatic carbocycles. The number of sulfonamides is 1. The van der Waals surface area contributed by atoms with Gasteiger partial charge in [0.2, 0.25) is 10.0 Å². The lowest BCUT2D eigenvalue weighted by Gasteiger charge is -2.26. The van der Waals surface area contributed by atoms with Crippen LogP contribution in [0.2, 0.25) is 5.02 Å². The summed E-state index contributed by atoms with van der Waals surface area (Å²) in [7, 11) is -1.97. The number of nitrogens with zero attached hydrogens (tertiary/aromatic N) is 2. The van der Waals surface area contributed by atoms with E-state index in [0.29, 0.717) is 42.7 Å². The van der Waals surface area contributed by atoms with Gasteiger partial charge in [-0.2, -0.15) is 4.31 Å². The van der Waals surface area contributed by atoms with Crippen LogP contribution in [0.4, 0.5) is 10.5 Å². The number of amides is 2. The maximum Gasteiger partial charge on any atom is 0.321 e. The van der Waals surface area contributed by atoms with E-state index in [-0.39, 0.29) is 10.9 Å². The van der Waals surface area contributed by atoms with Crippen molar-refractivity contribution in [1.82, 2.24) is 9.21 Å². The normalized spacial score (nSPS) is 14.8. The van der Waals surface area contributed by atoms with Crippen molar-refractivity contribution in [1.29, 1.82) is 0 Å². The molecule has 0 saturated carbocycles. The third kappa shape index (κ3) is 5.90. The molecule has 168 valence electrons. The summed E-state index contributed by atoms with van der Waals surface area (Å²) in [6.07, 6.45) is 2.75. The van der Waals surface area contributed by atoms with Gasteiger partial charge in [0.05, 0.1) is 17.2 Å². The topological polar surface area (TPSA) is 79.0 Å². The van der Waals surface area contributed by atoms with Gasteiger partial charge in [-0.15, -0.1) is 0 Å². The molecule has 0 bridgehead atoms. The molecule has 0 spiro atoms. The van der Waals surface area contributed by atoms with Crippen molar-refractivity contribution in [3.8, 4) is 5.75 Å². The van der Waals surface area contributed by atoms with Crippen molar-refractivity contribution in [3.63, 3.8) is 0 Å². The molecule has 2 aromatic rings. The fourth-order valence-electron chi connectivity index (χ4n) is 3.49. The number of carbonyl (C=O) groups is 1. The highest BCUT2D eigenvalue weighted by atomic mass is 35.5. The maximum absolute atomic E-state index is 13.1. The van der Waals surface area contributed by atoms with Gasteiger partial charge in [0.25, 0.3) is 0 Å². The molecule has 9 heteroatoms. The quantitative estimate of drug-likeness (QED) is 0.649. The fourth-order valence-corrected chi connectivity index (χ4v) is 5.25. The highest BCUT2D eigenvalue weighted by Crippen LogP contribution is 2.30. The molecule has 1 fully saturated rings. The minimum Gasteiger partial charge on any atom is -0.492 e. The standard InChI is InChI=1S/C22H28ClN3O4S/c1-3-30-21-11-10-19(31(28,29)26-12-5-4-6-13-26)15-20(21)24-22(27)25(2)16-17-8-7-9-18(23)14-17/h7-11,14-15H,3-6,12-13,16H2,1-2H3,(H,24,27). The summed E-state index contributed by atoms with van der Waals surface area (Å²) in [5.74, 6) is 0.421. The summed E-state index contributed by atoms with van der Waals surface area (Å²) in [6.45, 7) is 3.59.